The molecule has 0 aliphatic carbocycles. The molecule has 1 fully saturated rings. The van der Waals surface area contributed by atoms with Crippen molar-refractivity contribution in [3.63, 3.8) is 0 Å². The maximum Gasteiger partial charge on any atom is 0.407 e. The molecule has 2 heterocycles. The molecule has 1 unspecified atom stereocenters. The standard InChI is InChI=1S/C33H35N3O5/c1-2-29(24-8-4-3-5-9-24)32(25-11-14-28(15-12-25)40-21-18-35(17-19-37)33(38)39)26-13-16-30-27(22-26)23-34-36(30)31-10-6-7-20-41-31/h3-5,8-9,11-16,19,22-23,31H,2,6-7,10,17-18,20-21H2,1H3,(H,38,39). The zero-order valence-electron chi connectivity index (χ0n) is 23.2. The Balaban J connectivity index is 1.47. The largest absolute Gasteiger partial charge is 0.492 e. The first-order valence-electron chi connectivity index (χ1n) is 14.1. The highest BCUT2D eigenvalue weighted by Crippen LogP contribution is 2.37. The van der Waals surface area contributed by atoms with Gasteiger partial charge in [-0.15, -0.1) is 0 Å². The van der Waals surface area contributed by atoms with E-state index in [4.69, 9.17) is 9.47 Å². The molecule has 0 radical (unpaired) electrons. The lowest BCUT2D eigenvalue weighted by molar-refractivity contribution is -0.108. The number of ether oxygens (including phenoxy) is 2. The molecule has 3 aromatic carbocycles. The molecule has 1 N–H and O–H groups in total. The Hall–Kier alpha value is -4.43. The highest BCUT2D eigenvalue weighted by atomic mass is 16.5. The quantitative estimate of drug-likeness (QED) is 0.165. The van der Waals surface area contributed by atoms with Gasteiger partial charge in [0.25, 0.3) is 0 Å². The Labute approximate surface area is 239 Å². The monoisotopic (exact) mass is 553 g/mol. The fourth-order valence-corrected chi connectivity index (χ4v) is 5.38. The molecular weight excluding hydrogens is 518 g/mol. The molecule has 41 heavy (non-hydrogen) atoms. The van der Waals surface area contributed by atoms with Crippen molar-refractivity contribution in [2.75, 3.05) is 26.3 Å². The van der Waals surface area contributed by atoms with Gasteiger partial charge in [0, 0.05) is 12.0 Å². The summed E-state index contributed by atoms with van der Waals surface area (Å²) >= 11 is 0. The molecule has 1 saturated heterocycles. The summed E-state index contributed by atoms with van der Waals surface area (Å²) in [6.45, 7) is 3.02. The van der Waals surface area contributed by atoms with Crippen LogP contribution in [0.2, 0.25) is 0 Å². The number of amides is 1. The summed E-state index contributed by atoms with van der Waals surface area (Å²) in [6, 6.07) is 24.8. The number of carbonyl (C=O) groups is 2. The minimum Gasteiger partial charge on any atom is -0.492 e. The summed E-state index contributed by atoms with van der Waals surface area (Å²) in [4.78, 5) is 23.0. The van der Waals surface area contributed by atoms with Gasteiger partial charge in [-0.05, 0) is 77.8 Å². The lowest BCUT2D eigenvalue weighted by atomic mass is 9.88. The van der Waals surface area contributed by atoms with Crippen LogP contribution in [0.4, 0.5) is 4.79 Å². The molecule has 212 valence electrons. The van der Waals surface area contributed by atoms with Gasteiger partial charge in [-0.2, -0.15) is 5.10 Å². The number of aromatic nitrogens is 2. The first kappa shape index (κ1) is 28.1. The van der Waals surface area contributed by atoms with E-state index >= 15 is 0 Å². The summed E-state index contributed by atoms with van der Waals surface area (Å²) in [5.74, 6) is 0.631. The van der Waals surface area contributed by atoms with Crippen LogP contribution in [-0.4, -0.2) is 58.5 Å². The predicted molar refractivity (Wildman–Crippen MR) is 159 cm³/mol. The van der Waals surface area contributed by atoms with Crippen LogP contribution >= 0.6 is 0 Å². The normalized spacial score (nSPS) is 15.8. The number of benzene rings is 3. The smallest absolute Gasteiger partial charge is 0.407 e. The van der Waals surface area contributed by atoms with E-state index in [0.717, 1.165) is 64.8 Å². The molecule has 0 bridgehead atoms. The number of fused-ring (bicyclic) bond motifs is 1. The van der Waals surface area contributed by atoms with Crippen LogP contribution in [0.15, 0.2) is 79.0 Å². The topological polar surface area (TPSA) is 93.9 Å². The van der Waals surface area contributed by atoms with Gasteiger partial charge in [-0.1, -0.05) is 55.5 Å². The number of carboxylic acid groups (broad SMARTS) is 1. The Morgan fingerprint density at radius 3 is 2.54 bits per heavy atom. The average Bonchev–Trinajstić information content (AvgIpc) is 3.44. The number of nitrogens with zero attached hydrogens (tertiary/aromatic N) is 3. The summed E-state index contributed by atoms with van der Waals surface area (Å²) in [5, 5.41) is 15.0. The molecule has 8 heteroatoms. The van der Waals surface area contributed by atoms with Gasteiger partial charge in [0.1, 0.15) is 18.6 Å². The summed E-state index contributed by atoms with van der Waals surface area (Å²) in [5.41, 5.74) is 6.74. The summed E-state index contributed by atoms with van der Waals surface area (Å²) in [6.07, 6.45) is 5.37. The van der Waals surface area contributed by atoms with Gasteiger partial charge in [0.15, 0.2) is 6.23 Å². The van der Waals surface area contributed by atoms with Crippen LogP contribution in [0, 0.1) is 0 Å². The number of hydrogen-bond donors (Lipinski definition) is 1. The minimum atomic E-state index is -1.15. The van der Waals surface area contributed by atoms with Gasteiger partial charge < -0.3 is 19.4 Å². The molecule has 0 saturated carbocycles. The van der Waals surface area contributed by atoms with Crippen LogP contribution in [0.5, 0.6) is 5.75 Å². The molecule has 1 aliphatic heterocycles. The summed E-state index contributed by atoms with van der Waals surface area (Å²) < 4.78 is 13.8. The van der Waals surface area contributed by atoms with Gasteiger partial charge in [0.05, 0.1) is 24.8 Å². The van der Waals surface area contributed by atoms with Crippen LogP contribution in [0.3, 0.4) is 0 Å². The molecule has 1 amide bonds. The van der Waals surface area contributed by atoms with E-state index in [2.05, 4.69) is 54.5 Å². The molecule has 8 nitrogen and oxygen atoms in total. The summed E-state index contributed by atoms with van der Waals surface area (Å²) in [7, 11) is 0. The fraction of sp³-hybridized carbons (Fsp3) is 0.303. The number of hydrogen-bond acceptors (Lipinski definition) is 5. The van der Waals surface area contributed by atoms with E-state index < -0.39 is 6.09 Å². The predicted octanol–water partition coefficient (Wildman–Crippen LogP) is 6.66. The van der Waals surface area contributed by atoms with E-state index in [-0.39, 0.29) is 25.9 Å². The van der Waals surface area contributed by atoms with Gasteiger partial charge >= 0.3 is 6.09 Å². The average molecular weight is 554 g/mol. The highest BCUT2D eigenvalue weighted by molar-refractivity contribution is 6.00. The second-order valence-corrected chi connectivity index (χ2v) is 10.0. The van der Waals surface area contributed by atoms with Crippen molar-refractivity contribution in [3.05, 3.63) is 95.7 Å². The van der Waals surface area contributed by atoms with Crippen molar-refractivity contribution in [1.82, 2.24) is 14.7 Å². The van der Waals surface area contributed by atoms with Crippen molar-refractivity contribution in [3.8, 4) is 5.75 Å². The first-order chi connectivity index (χ1) is 20.1. The minimum absolute atomic E-state index is 0.0220. The molecule has 5 rings (SSSR count). The number of aldehydes is 1. The number of carbonyl (C=O) groups excluding carboxylic acids is 1. The van der Waals surface area contributed by atoms with E-state index in [1.54, 1.807) is 0 Å². The van der Waals surface area contributed by atoms with Crippen LogP contribution in [0.25, 0.3) is 22.0 Å². The maximum absolute atomic E-state index is 11.3. The number of rotatable bonds is 11. The van der Waals surface area contributed by atoms with Crippen LogP contribution in [-0.2, 0) is 9.53 Å². The van der Waals surface area contributed by atoms with Crippen molar-refractivity contribution < 1.29 is 24.2 Å². The third kappa shape index (κ3) is 6.49. The fourth-order valence-electron chi connectivity index (χ4n) is 5.38. The zero-order valence-corrected chi connectivity index (χ0v) is 23.2. The van der Waals surface area contributed by atoms with Gasteiger partial charge in [-0.25, -0.2) is 9.48 Å². The lowest BCUT2D eigenvalue weighted by Crippen LogP contribution is -2.34. The molecule has 4 aromatic rings. The third-order valence-corrected chi connectivity index (χ3v) is 7.43. The second kappa shape index (κ2) is 13.3. The van der Waals surface area contributed by atoms with Crippen molar-refractivity contribution in [1.29, 1.82) is 0 Å². The Bertz CT molecular complexity index is 1510. The SMILES string of the molecule is CCC(=C(c1ccc(OCCN(CC=O)C(=O)O)cc1)c1ccc2c(cnn2C2CCCCO2)c1)c1ccccc1. The maximum atomic E-state index is 11.3. The molecule has 1 aliphatic rings. The molecule has 1 aromatic heterocycles. The van der Waals surface area contributed by atoms with Crippen molar-refractivity contribution in [2.24, 2.45) is 0 Å². The molecule has 1 atom stereocenters. The Kier molecular flexibility index (Phi) is 9.11. The van der Waals surface area contributed by atoms with Crippen molar-refractivity contribution >= 4 is 34.4 Å². The third-order valence-electron chi connectivity index (χ3n) is 7.43. The zero-order chi connectivity index (χ0) is 28.6. The van der Waals surface area contributed by atoms with Crippen molar-refractivity contribution in [2.45, 2.75) is 38.8 Å². The van der Waals surface area contributed by atoms with Crippen LogP contribution in [0.1, 0.15) is 55.5 Å². The van der Waals surface area contributed by atoms with E-state index in [1.807, 2.05) is 41.2 Å². The molecule has 0 spiro atoms. The van der Waals surface area contributed by atoms with Gasteiger partial charge in [0.2, 0.25) is 0 Å². The Morgan fingerprint density at radius 1 is 1.07 bits per heavy atom. The van der Waals surface area contributed by atoms with E-state index in [9.17, 15) is 14.7 Å². The van der Waals surface area contributed by atoms with Gasteiger partial charge in [-0.3, -0.25) is 4.90 Å². The molecular formula is C33H35N3O5. The van der Waals surface area contributed by atoms with Crippen LogP contribution < -0.4 is 4.74 Å². The Morgan fingerprint density at radius 2 is 1.85 bits per heavy atom. The first-order valence-corrected chi connectivity index (χ1v) is 14.1. The number of allylic oxidation sites excluding steroid dienone is 1. The van der Waals surface area contributed by atoms with E-state index in [1.165, 1.54) is 11.1 Å². The highest BCUT2D eigenvalue weighted by Gasteiger charge is 2.20. The van der Waals surface area contributed by atoms with E-state index in [0.29, 0.717) is 12.0 Å². The second-order valence-electron chi connectivity index (χ2n) is 10.0. The lowest BCUT2D eigenvalue weighted by Gasteiger charge is -2.23.